The van der Waals surface area contributed by atoms with E-state index in [1.165, 1.54) is 6.07 Å². The molecule has 7 nitrogen and oxygen atoms in total. The number of benzene rings is 3. The second kappa shape index (κ2) is 9.62. The normalized spacial score (nSPS) is 13.3. The van der Waals surface area contributed by atoms with Gasteiger partial charge in [-0.2, -0.15) is 0 Å². The van der Waals surface area contributed by atoms with E-state index >= 15 is 0 Å². The zero-order chi connectivity index (χ0) is 25.2. The first-order valence-electron chi connectivity index (χ1n) is 11.4. The summed E-state index contributed by atoms with van der Waals surface area (Å²) in [5.41, 5.74) is 4.46. The van der Waals surface area contributed by atoms with Gasteiger partial charge in [-0.25, -0.2) is 9.59 Å². The van der Waals surface area contributed by atoms with Gasteiger partial charge in [0.25, 0.3) is 5.91 Å². The molecule has 0 radical (unpaired) electrons. The Morgan fingerprint density at radius 1 is 0.914 bits per heavy atom. The number of anilines is 1. The molecule has 1 unspecified atom stereocenters. The van der Waals surface area contributed by atoms with Crippen LogP contribution in [0.15, 0.2) is 72.8 Å². The van der Waals surface area contributed by atoms with Gasteiger partial charge in [-0.3, -0.25) is 10.1 Å². The van der Waals surface area contributed by atoms with Crippen molar-refractivity contribution in [3.8, 4) is 11.1 Å². The Bertz CT molecular complexity index is 1230. The number of fused-ring (bicyclic) bond motifs is 3. The zero-order valence-electron chi connectivity index (χ0n) is 19.9. The maximum atomic E-state index is 12.7. The molecule has 0 spiro atoms. The van der Waals surface area contributed by atoms with E-state index in [0.29, 0.717) is 5.69 Å². The third kappa shape index (κ3) is 5.19. The fraction of sp³-hybridized carbons (Fsp3) is 0.250. The van der Waals surface area contributed by atoms with Crippen molar-refractivity contribution < 1.29 is 24.2 Å². The molecule has 4 rings (SSSR count). The topological polar surface area (TPSA) is 105 Å². The lowest BCUT2D eigenvalue weighted by atomic mass is 9.86. The van der Waals surface area contributed by atoms with E-state index in [1.807, 2.05) is 36.4 Å². The molecule has 180 valence electrons. The van der Waals surface area contributed by atoms with Crippen molar-refractivity contribution in [2.45, 2.75) is 32.7 Å². The average Bonchev–Trinajstić information content (AvgIpc) is 3.14. The first-order chi connectivity index (χ1) is 16.6. The lowest BCUT2D eigenvalue weighted by Gasteiger charge is -2.27. The zero-order valence-corrected chi connectivity index (χ0v) is 19.9. The second-order valence-electron chi connectivity index (χ2n) is 9.64. The molecule has 0 saturated heterocycles. The van der Waals surface area contributed by atoms with Crippen LogP contribution in [0.4, 0.5) is 10.5 Å². The van der Waals surface area contributed by atoms with Gasteiger partial charge in [0.05, 0.1) is 0 Å². The van der Waals surface area contributed by atoms with Crippen LogP contribution in [-0.4, -0.2) is 35.7 Å². The summed E-state index contributed by atoms with van der Waals surface area (Å²) < 4.78 is 5.56. The molecule has 3 N–H and O–H groups in total. The molecular weight excluding hydrogens is 444 g/mol. The lowest BCUT2D eigenvalue weighted by Crippen LogP contribution is -2.49. The molecule has 0 aliphatic heterocycles. The smallest absolute Gasteiger partial charge is 0.411 e. The summed E-state index contributed by atoms with van der Waals surface area (Å²) in [7, 11) is 0. The average molecular weight is 473 g/mol. The number of carbonyl (C=O) groups is 3. The second-order valence-corrected chi connectivity index (χ2v) is 9.64. The van der Waals surface area contributed by atoms with Crippen LogP contribution in [0.5, 0.6) is 0 Å². The quantitative estimate of drug-likeness (QED) is 0.453. The van der Waals surface area contributed by atoms with Gasteiger partial charge in [-0.05, 0) is 45.9 Å². The minimum atomic E-state index is -1.11. The molecule has 1 atom stereocenters. The summed E-state index contributed by atoms with van der Waals surface area (Å²) in [6.07, 6.45) is -0.637. The fourth-order valence-corrected chi connectivity index (χ4v) is 4.35. The largest absolute Gasteiger partial charge is 0.480 e. The molecule has 0 bridgehead atoms. The molecule has 2 amide bonds. The third-order valence-electron chi connectivity index (χ3n) is 6.10. The van der Waals surface area contributed by atoms with Crippen molar-refractivity contribution in [1.29, 1.82) is 0 Å². The van der Waals surface area contributed by atoms with E-state index in [9.17, 15) is 19.5 Å². The van der Waals surface area contributed by atoms with E-state index in [2.05, 4.69) is 22.8 Å². The maximum absolute atomic E-state index is 12.7. The highest BCUT2D eigenvalue weighted by molar-refractivity contribution is 5.98. The van der Waals surface area contributed by atoms with Crippen molar-refractivity contribution in [3.63, 3.8) is 0 Å². The van der Waals surface area contributed by atoms with Crippen LogP contribution < -0.4 is 10.6 Å². The molecule has 0 fully saturated rings. The number of aliphatic carboxylic acids is 1. The third-order valence-corrected chi connectivity index (χ3v) is 6.10. The summed E-state index contributed by atoms with van der Waals surface area (Å²) in [5.74, 6) is -1.71. The molecule has 7 heteroatoms. The number of rotatable bonds is 6. The molecule has 1 aliphatic rings. The van der Waals surface area contributed by atoms with Crippen molar-refractivity contribution in [3.05, 3.63) is 89.5 Å². The van der Waals surface area contributed by atoms with Crippen molar-refractivity contribution in [2.24, 2.45) is 5.41 Å². The van der Waals surface area contributed by atoms with E-state index < -0.39 is 29.4 Å². The van der Waals surface area contributed by atoms with Gasteiger partial charge < -0.3 is 15.2 Å². The summed E-state index contributed by atoms with van der Waals surface area (Å²) in [6.45, 7) is 5.38. The van der Waals surface area contributed by atoms with E-state index in [1.54, 1.807) is 39.0 Å². The Hall–Kier alpha value is -4.13. The minimum absolute atomic E-state index is 0.0596. The van der Waals surface area contributed by atoms with E-state index in [4.69, 9.17) is 4.74 Å². The Balaban J connectivity index is 1.41. The van der Waals surface area contributed by atoms with Crippen LogP contribution in [0, 0.1) is 5.41 Å². The van der Waals surface area contributed by atoms with Crippen molar-refractivity contribution in [1.82, 2.24) is 5.32 Å². The molecule has 0 heterocycles. The number of carboxylic acid groups (broad SMARTS) is 1. The van der Waals surface area contributed by atoms with Crippen LogP contribution in [-0.2, 0) is 9.53 Å². The van der Waals surface area contributed by atoms with Crippen molar-refractivity contribution in [2.75, 3.05) is 11.9 Å². The van der Waals surface area contributed by atoms with Crippen LogP contribution in [0.1, 0.15) is 48.2 Å². The number of amides is 2. The first-order valence-corrected chi connectivity index (χ1v) is 11.4. The predicted octanol–water partition coefficient (Wildman–Crippen LogP) is 5.28. The molecular formula is C28H28N2O5. The van der Waals surface area contributed by atoms with Crippen molar-refractivity contribution >= 4 is 23.7 Å². The van der Waals surface area contributed by atoms with Crippen LogP contribution in [0.2, 0.25) is 0 Å². The summed E-state index contributed by atoms with van der Waals surface area (Å²) in [5, 5.41) is 14.7. The Morgan fingerprint density at radius 2 is 1.51 bits per heavy atom. The number of ether oxygens (including phenoxy) is 1. The monoisotopic (exact) mass is 472 g/mol. The van der Waals surface area contributed by atoms with Gasteiger partial charge in [0, 0.05) is 17.2 Å². The lowest BCUT2D eigenvalue weighted by molar-refractivity contribution is -0.142. The summed E-state index contributed by atoms with van der Waals surface area (Å²) >= 11 is 0. The first kappa shape index (κ1) is 24.0. The van der Waals surface area contributed by atoms with Gasteiger partial charge in [0.1, 0.15) is 12.6 Å². The number of hydrogen-bond acceptors (Lipinski definition) is 4. The SMILES string of the molecule is CC(C)(C)C(NC(=O)c1cccc(NC(=O)OCC2c3ccccc3-c3ccccc32)c1)C(=O)O. The summed E-state index contributed by atoms with van der Waals surface area (Å²) in [4.78, 5) is 36.8. The molecule has 0 saturated carbocycles. The standard InChI is InChI=1S/C28H28N2O5/c1-28(2,3)24(26(32)33)30-25(31)17-9-8-10-18(15-17)29-27(34)35-16-23-21-13-6-4-11-19(21)20-12-5-7-14-22(20)23/h4-15,23-24H,16H2,1-3H3,(H,29,34)(H,30,31)(H,32,33). The van der Waals surface area contributed by atoms with Crippen LogP contribution in [0.3, 0.4) is 0 Å². The maximum Gasteiger partial charge on any atom is 0.411 e. The van der Waals surface area contributed by atoms with E-state index in [-0.39, 0.29) is 18.1 Å². The molecule has 3 aromatic rings. The molecule has 0 aromatic heterocycles. The van der Waals surface area contributed by atoms with Gasteiger partial charge in [0.15, 0.2) is 0 Å². The highest BCUT2D eigenvalue weighted by Crippen LogP contribution is 2.44. The highest BCUT2D eigenvalue weighted by atomic mass is 16.5. The summed E-state index contributed by atoms with van der Waals surface area (Å²) in [6, 6.07) is 21.4. The number of hydrogen-bond donors (Lipinski definition) is 3. The fourth-order valence-electron chi connectivity index (χ4n) is 4.35. The van der Waals surface area contributed by atoms with Gasteiger partial charge in [-0.1, -0.05) is 75.4 Å². The predicted molar refractivity (Wildman–Crippen MR) is 133 cm³/mol. The number of carboxylic acids is 1. The van der Waals surface area contributed by atoms with Crippen LogP contribution >= 0.6 is 0 Å². The molecule has 1 aliphatic carbocycles. The molecule has 35 heavy (non-hydrogen) atoms. The number of nitrogens with one attached hydrogen (secondary N) is 2. The van der Waals surface area contributed by atoms with Gasteiger partial charge >= 0.3 is 12.1 Å². The van der Waals surface area contributed by atoms with E-state index in [0.717, 1.165) is 22.3 Å². The Labute approximate surface area is 204 Å². The van der Waals surface area contributed by atoms with Gasteiger partial charge in [-0.15, -0.1) is 0 Å². The molecule has 3 aromatic carbocycles. The Morgan fingerprint density at radius 3 is 2.09 bits per heavy atom. The minimum Gasteiger partial charge on any atom is -0.480 e. The number of carbonyl (C=O) groups excluding carboxylic acids is 2. The van der Waals surface area contributed by atoms with Gasteiger partial charge in [0.2, 0.25) is 0 Å². The van der Waals surface area contributed by atoms with Crippen LogP contribution in [0.25, 0.3) is 11.1 Å². The Kier molecular flexibility index (Phi) is 6.60. The highest BCUT2D eigenvalue weighted by Gasteiger charge is 2.33.